The Hall–Kier alpha value is -6.93. The first-order valence-electron chi connectivity index (χ1n) is 14.8. The molecule has 248 valence electrons. The number of nitriles is 2. The molecule has 1 aliphatic heterocycles. The number of non-ortho nitro benzene ring substituents is 1. The normalized spacial score (nSPS) is 17.9. The lowest BCUT2D eigenvalue weighted by atomic mass is 9.58. The summed E-state index contributed by atoms with van der Waals surface area (Å²) in [5.41, 5.74) is -8.38. The van der Waals surface area contributed by atoms with E-state index >= 15 is 0 Å². The third-order valence-corrected chi connectivity index (χ3v) is 9.27. The van der Waals surface area contributed by atoms with Crippen molar-refractivity contribution in [3.8, 4) is 17.9 Å². The second-order valence-corrected chi connectivity index (χ2v) is 11.5. The fraction of sp³-hybridized carbons (Fsp3) is 0.194. The second kappa shape index (κ2) is 11.9. The molecule has 0 fully saturated rings. The number of rotatable bonds is 8. The number of methoxy groups -OCH3 is 3. The van der Waals surface area contributed by atoms with Gasteiger partial charge in [-0.15, -0.1) is 0 Å². The van der Waals surface area contributed by atoms with Gasteiger partial charge in [-0.25, -0.2) is 9.59 Å². The standard InChI is InChI=1S/C36H24N4O10/c1-48-22-14-8-19(9-15-22)16-39-28(34(45)50-3)25(33(44)49-2)26-29(39)27(30(41)20-10-12-21(13-11-20)40(46)47)36(35(26,17-37)18-38)31(42)23-6-4-5-7-24(23)32(36)43/h4-15,28H,16H2,1-3H3. The molecule has 50 heavy (non-hydrogen) atoms. The number of allylic oxidation sites excluding steroid dienone is 2. The molecule has 3 aromatic carbocycles. The van der Waals surface area contributed by atoms with Gasteiger partial charge < -0.3 is 19.1 Å². The molecular formula is C36H24N4O10. The molecular weight excluding hydrogens is 648 g/mol. The fourth-order valence-electron chi connectivity index (χ4n) is 7.09. The van der Waals surface area contributed by atoms with Gasteiger partial charge in [-0.3, -0.25) is 24.5 Å². The molecule has 0 N–H and O–H groups in total. The third-order valence-electron chi connectivity index (χ3n) is 9.27. The van der Waals surface area contributed by atoms with Crippen LogP contribution in [0.2, 0.25) is 0 Å². The molecule has 0 amide bonds. The van der Waals surface area contributed by atoms with Crippen LogP contribution >= 0.6 is 0 Å². The van der Waals surface area contributed by atoms with Gasteiger partial charge in [-0.1, -0.05) is 36.4 Å². The molecule has 6 rings (SSSR count). The SMILES string of the molecule is COC(=O)C1=C2C(=C(C(=O)c3ccc([N+](=O)[O-])cc3)C3(C(=O)c4ccccc4C3=O)C2(C#N)C#N)N(Cc2ccc(OC)cc2)C1C(=O)OC. The number of hydrogen-bond donors (Lipinski definition) is 0. The average molecular weight is 673 g/mol. The van der Waals surface area contributed by atoms with E-state index < -0.39 is 67.8 Å². The van der Waals surface area contributed by atoms with E-state index in [9.17, 15) is 44.6 Å². The third kappa shape index (κ3) is 4.22. The molecule has 3 aliphatic rings. The largest absolute Gasteiger partial charge is 0.497 e. The van der Waals surface area contributed by atoms with Crippen LogP contribution in [0.5, 0.6) is 5.75 Å². The highest BCUT2D eigenvalue weighted by Crippen LogP contribution is 2.67. The Bertz CT molecular complexity index is 2150. The molecule has 3 aromatic rings. The summed E-state index contributed by atoms with van der Waals surface area (Å²) in [5, 5.41) is 33.5. The number of esters is 2. The van der Waals surface area contributed by atoms with Gasteiger partial charge in [0.15, 0.2) is 34.2 Å². The maximum atomic E-state index is 14.9. The summed E-state index contributed by atoms with van der Waals surface area (Å²) in [6.07, 6.45) is 0. The van der Waals surface area contributed by atoms with E-state index in [4.69, 9.17) is 14.2 Å². The number of fused-ring (bicyclic) bond motifs is 2. The van der Waals surface area contributed by atoms with E-state index in [1.807, 2.05) is 12.1 Å². The first kappa shape index (κ1) is 33.0. The molecule has 0 bridgehead atoms. The smallest absolute Gasteiger partial charge is 0.336 e. The summed E-state index contributed by atoms with van der Waals surface area (Å²) in [6, 6.07) is 18.2. The Morgan fingerprint density at radius 2 is 1.46 bits per heavy atom. The topological polar surface area (TPSA) is 207 Å². The Morgan fingerprint density at radius 3 is 1.94 bits per heavy atom. The van der Waals surface area contributed by atoms with Crippen molar-refractivity contribution in [3.63, 3.8) is 0 Å². The van der Waals surface area contributed by atoms with Crippen LogP contribution in [0.4, 0.5) is 5.69 Å². The number of Topliss-reactive ketones (excluding diaryl/α,β-unsaturated/α-hetero) is 3. The number of carbonyl (C=O) groups is 5. The minimum absolute atomic E-state index is 0.173. The summed E-state index contributed by atoms with van der Waals surface area (Å²) >= 11 is 0. The summed E-state index contributed by atoms with van der Waals surface area (Å²) in [4.78, 5) is 83.8. The molecule has 2 aliphatic carbocycles. The first-order valence-corrected chi connectivity index (χ1v) is 14.8. The predicted octanol–water partition coefficient (Wildman–Crippen LogP) is 3.68. The number of hydrogen-bond acceptors (Lipinski definition) is 13. The highest BCUT2D eigenvalue weighted by atomic mass is 16.6. The number of benzene rings is 3. The van der Waals surface area contributed by atoms with Crippen molar-refractivity contribution in [1.82, 2.24) is 4.90 Å². The van der Waals surface area contributed by atoms with Crippen LogP contribution in [0.25, 0.3) is 0 Å². The number of nitro benzene ring substituents is 1. The summed E-state index contributed by atoms with van der Waals surface area (Å²) in [6.45, 7) is -0.279. The van der Waals surface area contributed by atoms with Crippen molar-refractivity contribution in [2.24, 2.45) is 10.8 Å². The molecule has 0 aromatic heterocycles. The Labute approximate surface area is 283 Å². The molecule has 14 heteroatoms. The van der Waals surface area contributed by atoms with Gasteiger partial charge in [-0.2, -0.15) is 10.5 Å². The monoisotopic (exact) mass is 672 g/mol. The lowest BCUT2D eigenvalue weighted by Gasteiger charge is -2.34. The zero-order valence-electron chi connectivity index (χ0n) is 26.6. The van der Waals surface area contributed by atoms with Gasteiger partial charge in [0, 0.05) is 46.5 Å². The van der Waals surface area contributed by atoms with Crippen molar-refractivity contribution in [1.29, 1.82) is 10.5 Å². The van der Waals surface area contributed by atoms with E-state index in [-0.39, 0.29) is 34.6 Å². The summed E-state index contributed by atoms with van der Waals surface area (Å²) < 4.78 is 15.4. The molecule has 1 heterocycles. The minimum Gasteiger partial charge on any atom is -0.497 e. The first-order chi connectivity index (χ1) is 24.0. The van der Waals surface area contributed by atoms with Gasteiger partial charge in [0.05, 0.1) is 49.7 Å². The number of nitrogens with zero attached hydrogens (tertiary/aromatic N) is 4. The molecule has 1 atom stereocenters. The van der Waals surface area contributed by atoms with E-state index in [1.54, 1.807) is 24.3 Å². The van der Waals surface area contributed by atoms with Crippen LogP contribution in [-0.2, 0) is 25.6 Å². The Morgan fingerprint density at radius 1 is 0.880 bits per heavy atom. The molecule has 0 saturated carbocycles. The Balaban J connectivity index is 1.78. The molecule has 0 saturated heterocycles. The van der Waals surface area contributed by atoms with Gasteiger partial charge >= 0.3 is 11.9 Å². The van der Waals surface area contributed by atoms with Crippen LogP contribution in [0.15, 0.2) is 95.2 Å². The van der Waals surface area contributed by atoms with Gasteiger partial charge in [0.25, 0.3) is 5.69 Å². The van der Waals surface area contributed by atoms with Crippen LogP contribution < -0.4 is 4.74 Å². The van der Waals surface area contributed by atoms with Crippen molar-refractivity contribution < 1.29 is 43.1 Å². The summed E-state index contributed by atoms with van der Waals surface area (Å²) in [7, 11) is 3.50. The van der Waals surface area contributed by atoms with Crippen molar-refractivity contribution in [2.75, 3.05) is 21.3 Å². The van der Waals surface area contributed by atoms with Crippen LogP contribution in [0.1, 0.15) is 36.6 Å². The number of carbonyl (C=O) groups excluding carboxylic acids is 5. The van der Waals surface area contributed by atoms with E-state index in [0.29, 0.717) is 11.3 Å². The average Bonchev–Trinajstić information content (AvgIpc) is 3.69. The maximum Gasteiger partial charge on any atom is 0.336 e. The van der Waals surface area contributed by atoms with Crippen LogP contribution in [0.3, 0.4) is 0 Å². The number of ketones is 3. The van der Waals surface area contributed by atoms with Crippen molar-refractivity contribution >= 4 is 35.0 Å². The maximum absolute atomic E-state index is 14.9. The van der Waals surface area contributed by atoms with E-state index in [1.165, 1.54) is 36.3 Å². The quantitative estimate of drug-likeness (QED) is 0.110. The summed E-state index contributed by atoms with van der Waals surface area (Å²) in [5.74, 6) is -4.90. The Kier molecular flexibility index (Phi) is 7.88. The number of nitro groups is 1. The minimum atomic E-state index is -2.90. The van der Waals surface area contributed by atoms with Crippen molar-refractivity contribution in [2.45, 2.75) is 12.6 Å². The van der Waals surface area contributed by atoms with E-state index in [2.05, 4.69) is 0 Å². The highest BCUT2D eigenvalue weighted by molar-refractivity contribution is 6.38. The highest BCUT2D eigenvalue weighted by Gasteiger charge is 2.78. The van der Waals surface area contributed by atoms with Crippen LogP contribution in [0, 0.1) is 43.6 Å². The van der Waals surface area contributed by atoms with Crippen LogP contribution in [-0.4, -0.2) is 66.5 Å². The lowest BCUT2D eigenvalue weighted by molar-refractivity contribution is -0.384. The van der Waals surface area contributed by atoms with Gasteiger partial charge in [0.2, 0.25) is 0 Å². The lowest BCUT2D eigenvalue weighted by Crippen LogP contribution is -2.50. The molecule has 1 spiro atoms. The second-order valence-electron chi connectivity index (χ2n) is 11.5. The fourth-order valence-corrected chi connectivity index (χ4v) is 7.09. The van der Waals surface area contributed by atoms with Gasteiger partial charge in [0.1, 0.15) is 5.75 Å². The molecule has 0 radical (unpaired) electrons. The zero-order chi connectivity index (χ0) is 36.1. The van der Waals surface area contributed by atoms with E-state index in [0.717, 1.165) is 38.5 Å². The molecule has 14 nitrogen and oxygen atoms in total. The zero-order valence-corrected chi connectivity index (χ0v) is 26.6. The van der Waals surface area contributed by atoms with Gasteiger partial charge in [-0.05, 0) is 29.8 Å². The predicted molar refractivity (Wildman–Crippen MR) is 169 cm³/mol. The van der Waals surface area contributed by atoms with Crippen molar-refractivity contribution in [3.05, 3.63) is 128 Å². The number of ether oxygens (including phenoxy) is 3. The molecule has 1 unspecified atom stereocenters.